The van der Waals surface area contributed by atoms with Crippen molar-refractivity contribution >= 4 is 17.5 Å². The van der Waals surface area contributed by atoms with Crippen molar-refractivity contribution in [3.63, 3.8) is 0 Å². The minimum Gasteiger partial charge on any atom is -0.406 e. The highest BCUT2D eigenvalue weighted by molar-refractivity contribution is 5.91. The Morgan fingerprint density at radius 2 is 1.67 bits per heavy atom. The van der Waals surface area contributed by atoms with Gasteiger partial charge in [0, 0.05) is 12.7 Å². The van der Waals surface area contributed by atoms with Crippen molar-refractivity contribution in [3.05, 3.63) is 60.2 Å². The van der Waals surface area contributed by atoms with Crippen molar-refractivity contribution in [1.29, 1.82) is 0 Å². The number of halogens is 3. The number of hydrogen-bond donors (Lipinski definition) is 2. The van der Waals surface area contributed by atoms with Crippen molar-refractivity contribution in [2.24, 2.45) is 0 Å². The van der Waals surface area contributed by atoms with Gasteiger partial charge in [0.25, 0.3) is 11.8 Å². The number of benzene rings is 2. The predicted molar refractivity (Wildman–Crippen MR) is 106 cm³/mol. The summed E-state index contributed by atoms with van der Waals surface area (Å²) in [6.07, 6.45) is -4.77. The van der Waals surface area contributed by atoms with Crippen molar-refractivity contribution < 1.29 is 32.4 Å². The van der Waals surface area contributed by atoms with Crippen LogP contribution in [-0.2, 0) is 9.59 Å². The fourth-order valence-corrected chi connectivity index (χ4v) is 2.84. The smallest absolute Gasteiger partial charge is 0.406 e. The molecule has 0 aromatic heterocycles. The predicted octanol–water partition coefficient (Wildman–Crippen LogP) is 2.26. The summed E-state index contributed by atoms with van der Waals surface area (Å²) in [6, 6.07) is 14.4. The van der Waals surface area contributed by atoms with E-state index in [4.69, 9.17) is 0 Å². The van der Waals surface area contributed by atoms with E-state index in [1.807, 2.05) is 37.3 Å². The van der Waals surface area contributed by atoms with Crippen LogP contribution in [0.25, 0.3) is 0 Å². The zero-order valence-electron chi connectivity index (χ0n) is 17.0. The topological polar surface area (TPSA) is 63.1 Å². The number of rotatable bonds is 8. The first kappa shape index (κ1) is 23.2. The Balaban J connectivity index is 1.83. The van der Waals surface area contributed by atoms with Gasteiger partial charge in [0.05, 0.1) is 13.1 Å². The summed E-state index contributed by atoms with van der Waals surface area (Å²) in [5, 5.41) is 2.59. The Morgan fingerprint density at radius 1 is 1.07 bits per heavy atom. The highest BCUT2D eigenvalue weighted by atomic mass is 19.4. The third kappa shape index (κ3) is 7.40. The second kappa shape index (κ2) is 10.1. The molecular weight excluding hydrogens is 399 g/mol. The van der Waals surface area contributed by atoms with E-state index in [-0.39, 0.29) is 36.7 Å². The van der Waals surface area contributed by atoms with Gasteiger partial charge in [-0.05, 0) is 36.8 Å². The average Bonchev–Trinajstić information content (AvgIpc) is 2.67. The zero-order chi connectivity index (χ0) is 22.3. The lowest BCUT2D eigenvalue weighted by atomic mass is 10.1. The van der Waals surface area contributed by atoms with Crippen LogP contribution in [-0.4, -0.2) is 50.3 Å². The van der Waals surface area contributed by atoms with Crippen LogP contribution in [0.3, 0.4) is 0 Å². The molecule has 2 aromatic rings. The fraction of sp³-hybridized carbons (Fsp3) is 0.333. The normalized spacial score (nSPS) is 13.3. The van der Waals surface area contributed by atoms with Crippen LogP contribution < -0.4 is 15.0 Å². The van der Waals surface area contributed by atoms with Gasteiger partial charge in [-0.3, -0.25) is 9.59 Å². The van der Waals surface area contributed by atoms with Crippen LogP contribution in [0, 0.1) is 0 Å². The molecule has 2 N–H and O–H groups in total. The van der Waals surface area contributed by atoms with E-state index in [0.717, 1.165) is 17.7 Å². The molecule has 0 radical (unpaired) electrons. The number of carbonyl (C=O) groups is 2. The maximum atomic E-state index is 12.5. The second-order valence-electron chi connectivity index (χ2n) is 7.02. The van der Waals surface area contributed by atoms with Crippen molar-refractivity contribution in [2.75, 3.05) is 32.5 Å². The van der Waals surface area contributed by atoms with Crippen LogP contribution in [0.1, 0.15) is 18.5 Å². The molecule has 0 bridgehead atoms. The van der Waals surface area contributed by atoms with E-state index in [1.54, 1.807) is 19.0 Å². The summed E-state index contributed by atoms with van der Waals surface area (Å²) in [5.41, 5.74) is 1.35. The van der Waals surface area contributed by atoms with Gasteiger partial charge < -0.3 is 19.9 Å². The molecule has 0 saturated heterocycles. The molecule has 2 amide bonds. The van der Waals surface area contributed by atoms with E-state index in [2.05, 4.69) is 10.1 Å². The third-order valence-electron chi connectivity index (χ3n) is 4.54. The van der Waals surface area contributed by atoms with Crippen molar-refractivity contribution in [2.45, 2.75) is 19.3 Å². The first-order chi connectivity index (χ1) is 14.0. The van der Waals surface area contributed by atoms with Gasteiger partial charge in [0.15, 0.2) is 13.1 Å². The Bertz CT molecular complexity index is 842. The summed E-state index contributed by atoms with van der Waals surface area (Å²) >= 11 is 0. The molecule has 0 fully saturated rings. The number of ether oxygens (including phenoxy) is 1. The summed E-state index contributed by atoms with van der Waals surface area (Å²) in [7, 11) is 3.44. The van der Waals surface area contributed by atoms with Gasteiger partial charge >= 0.3 is 6.36 Å². The Hall–Kier alpha value is -3.07. The number of anilines is 1. The first-order valence-corrected chi connectivity index (χ1v) is 9.32. The molecule has 0 aliphatic heterocycles. The Labute approximate surface area is 173 Å². The average molecular weight is 424 g/mol. The summed E-state index contributed by atoms with van der Waals surface area (Å²) in [5.74, 6) is -0.835. The number of alkyl halides is 3. The fourth-order valence-electron chi connectivity index (χ4n) is 2.84. The van der Waals surface area contributed by atoms with E-state index >= 15 is 0 Å². The van der Waals surface area contributed by atoms with Gasteiger partial charge in [-0.15, -0.1) is 13.2 Å². The number of likely N-dealkylation sites (N-methyl/N-ethyl adjacent to an activating group) is 2. The largest absolute Gasteiger partial charge is 0.573 e. The maximum Gasteiger partial charge on any atom is 0.573 e. The molecule has 162 valence electrons. The molecule has 2 rings (SSSR count). The minimum atomic E-state index is -4.77. The Morgan fingerprint density at radius 3 is 2.23 bits per heavy atom. The Kier molecular flexibility index (Phi) is 7.82. The molecule has 0 saturated carbocycles. The lowest BCUT2D eigenvalue weighted by molar-refractivity contribution is -0.862. The lowest BCUT2D eigenvalue weighted by Gasteiger charge is -2.26. The molecule has 2 atom stereocenters. The third-order valence-corrected chi connectivity index (χ3v) is 4.54. The van der Waals surface area contributed by atoms with E-state index in [0.29, 0.717) is 10.6 Å². The van der Waals surface area contributed by atoms with Gasteiger partial charge in [0.1, 0.15) is 5.75 Å². The van der Waals surface area contributed by atoms with Gasteiger partial charge in [-0.25, -0.2) is 0 Å². The summed E-state index contributed by atoms with van der Waals surface area (Å²) < 4.78 is 40.3. The molecule has 6 nitrogen and oxygen atoms in total. The van der Waals surface area contributed by atoms with Gasteiger partial charge in [-0.2, -0.15) is 0 Å². The molecule has 1 unspecified atom stereocenters. The summed E-state index contributed by atoms with van der Waals surface area (Å²) in [6.45, 7) is 2.08. The zero-order valence-corrected chi connectivity index (χ0v) is 17.0. The number of carbonyl (C=O) groups excluding carboxylic acids is 2. The van der Waals surface area contributed by atoms with Crippen molar-refractivity contribution in [3.8, 4) is 5.75 Å². The van der Waals surface area contributed by atoms with Gasteiger partial charge in [0.2, 0.25) is 0 Å². The minimum absolute atomic E-state index is 0.0279. The molecule has 9 heteroatoms. The molecule has 0 spiro atoms. The number of quaternary nitrogens is 1. The second-order valence-corrected chi connectivity index (χ2v) is 7.02. The number of amides is 2. The molecule has 0 aliphatic rings. The van der Waals surface area contributed by atoms with Crippen LogP contribution >= 0.6 is 0 Å². The highest BCUT2D eigenvalue weighted by Gasteiger charge is 2.31. The SMILES string of the molecule is C[C@H](c1ccccc1)N(C)C(=O)C[NH+](C)CC(=O)Nc1ccc(OC(F)(F)F)cc1. The molecule has 0 heterocycles. The summed E-state index contributed by atoms with van der Waals surface area (Å²) in [4.78, 5) is 27.0. The van der Waals surface area contributed by atoms with Gasteiger partial charge in [-0.1, -0.05) is 30.3 Å². The van der Waals surface area contributed by atoms with E-state index in [1.165, 1.54) is 12.1 Å². The molecule has 2 aromatic carbocycles. The van der Waals surface area contributed by atoms with Crippen LogP contribution in [0.5, 0.6) is 5.75 Å². The highest BCUT2D eigenvalue weighted by Crippen LogP contribution is 2.23. The first-order valence-electron chi connectivity index (χ1n) is 9.32. The quantitative estimate of drug-likeness (QED) is 0.684. The van der Waals surface area contributed by atoms with Crippen LogP contribution in [0.2, 0.25) is 0 Å². The van der Waals surface area contributed by atoms with E-state index < -0.39 is 6.36 Å². The molecular formula is C21H25F3N3O3+. The number of nitrogens with zero attached hydrogens (tertiary/aromatic N) is 1. The van der Waals surface area contributed by atoms with E-state index in [9.17, 15) is 22.8 Å². The van der Waals surface area contributed by atoms with Crippen molar-refractivity contribution in [1.82, 2.24) is 4.90 Å². The number of hydrogen-bond acceptors (Lipinski definition) is 3. The molecule has 30 heavy (non-hydrogen) atoms. The maximum absolute atomic E-state index is 12.5. The monoisotopic (exact) mass is 424 g/mol. The molecule has 0 aliphatic carbocycles. The van der Waals surface area contributed by atoms with Crippen LogP contribution in [0.15, 0.2) is 54.6 Å². The standard InChI is InChI=1S/C21H24F3N3O3/c1-15(16-7-5-4-6-8-16)27(3)20(29)14-26(2)13-19(28)25-17-9-11-18(12-10-17)30-21(22,23)24/h4-12,15H,13-14H2,1-3H3,(H,25,28)/p+1/t15-/m1/s1. The lowest BCUT2D eigenvalue weighted by Crippen LogP contribution is -3.11. The number of nitrogens with one attached hydrogen (secondary N) is 2. The van der Waals surface area contributed by atoms with Crippen LogP contribution in [0.4, 0.5) is 18.9 Å².